The highest BCUT2D eigenvalue weighted by molar-refractivity contribution is 7.11. The van der Waals surface area contributed by atoms with Gasteiger partial charge < -0.3 is 10.1 Å². The second-order valence-electron chi connectivity index (χ2n) is 4.50. The summed E-state index contributed by atoms with van der Waals surface area (Å²) < 4.78 is 5.54. The first-order valence-corrected chi connectivity index (χ1v) is 8.19. The van der Waals surface area contributed by atoms with E-state index >= 15 is 0 Å². The molecule has 0 spiro atoms. The lowest BCUT2D eigenvalue weighted by Crippen LogP contribution is -2.12. The van der Waals surface area contributed by atoms with Crippen molar-refractivity contribution in [2.45, 2.75) is 0 Å². The highest BCUT2D eigenvalue weighted by Gasteiger charge is 2.09. The molecule has 0 unspecified atom stereocenters. The van der Waals surface area contributed by atoms with Gasteiger partial charge in [0.05, 0.1) is 10.7 Å². The normalized spacial score (nSPS) is 10.3. The van der Waals surface area contributed by atoms with Gasteiger partial charge in [-0.2, -0.15) is 0 Å². The van der Waals surface area contributed by atoms with Crippen LogP contribution in [0.15, 0.2) is 54.0 Å². The molecule has 0 saturated heterocycles. The van der Waals surface area contributed by atoms with Crippen LogP contribution in [0.4, 0.5) is 5.69 Å². The molecule has 1 aromatic heterocycles. The van der Waals surface area contributed by atoms with Crippen LogP contribution in [0.2, 0.25) is 10.0 Å². The predicted octanol–water partition coefficient (Wildman–Crippen LogP) is 5.49. The summed E-state index contributed by atoms with van der Waals surface area (Å²) in [6.07, 6.45) is 1.66. The molecular weight excluding hydrogens is 355 g/mol. The van der Waals surface area contributed by atoms with Gasteiger partial charge in [0.2, 0.25) is 0 Å². The van der Waals surface area contributed by atoms with Gasteiger partial charge in [0.1, 0.15) is 5.75 Å². The van der Waals surface area contributed by atoms with Gasteiger partial charge in [-0.15, -0.1) is 0 Å². The highest BCUT2D eigenvalue weighted by atomic mass is 35.5. The minimum Gasteiger partial charge on any atom is -0.431 e. The Balaban J connectivity index is 1.70. The fourth-order valence-corrected chi connectivity index (χ4v) is 2.78. The Morgan fingerprint density at radius 3 is 2.57 bits per heavy atom. The third kappa shape index (κ3) is 4.01. The molecular formula is C16H10Cl2N2O2S. The molecule has 0 atom stereocenters. The number of thiazole rings is 1. The van der Waals surface area contributed by atoms with E-state index in [0.717, 1.165) is 0 Å². The van der Waals surface area contributed by atoms with E-state index in [1.165, 1.54) is 11.3 Å². The lowest BCUT2D eigenvalue weighted by Gasteiger charge is -2.08. The van der Waals surface area contributed by atoms with Crippen LogP contribution in [0.25, 0.3) is 0 Å². The van der Waals surface area contributed by atoms with Crippen LogP contribution < -0.4 is 10.1 Å². The fraction of sp³-hybridized carbons (Fsp3) is 0. The Bertz CT molecular complexity index is 821. The summed E-state index contributed by atoms with van der Waals surface area (Å²) in [6, 6.07) is 11.6. The van der Waals surface area contributed by atoms with E-state index in [4.69, 9.17) is 27.9 Å². The van der Waals surface area contributed by atoms with Crippen molar-refractivity contribution >= 4 is 46.1 Å². The largest absolute Gasteiger partial charge is 0.431 e. The summed E-state index contributed by atoms with van der Waals surface area (Å²) in [5, 5.41) is 6.01. The van der Waals surface area contributed by atoms with E-state index in [1.807, 2.05) is 5.38 Å². The molecule has 4 nitrogen and oxygen atoms in total. The van der Waals surface area contributed by atoms with Crippen LogP contribution in [-0.2, 0) is 0 Å². The minimum absolute atomic E-state index is 0.268. The van der Waals surface area contributed by atoms with Crippen molar-refractivity contribution in [3.05, 3.63) is 69.7 Å². The van der Waals surface area contributed by atoms with Gasteiger partial charge in [-0.05, 0) is 42.5 Å². The summed E-state index contributed by atoms with van der Waals surface area (Å²) in [6.45, 7) is 0. The maximum Gasteiger partial charge on any atom is 0.278 e. The zero-order valence-corrected chi connectivity index (χ0v) is 14.0. The smallest absolute Gasteiger partial charge is 0.278 e. The monoisotopic (exact) mass is 364 g/mol. The Morgan fingerprint density at radius 2 is 1.91 bits per heavy atom. The molecule has 0 saturated carbocycles. The van der Waals surface area contributed by atoms with Gasteiger partial charge in [0, 0.05) is 22.2 Å². The van der Waals surface area contributed by atoms with Crippen LogP contribution in [0.5, 0.6) is 10.9 Å². The van der Waals surface area contributed by atoms with Gasteiger partial charge in [0.25, 0.3) is 11.1 Å². The van der Waals surface area contributed by atoms with E-state index in [-0.39, 0.29) is 5.91 Å². The lowest BCUT2D eigenvalue weighted by atomic mass is 10.2. The Kier molecular flexibility index (Phi) is 4.81. The number of nitrogens with one attached hydrogen (secondary N) is 1. The first-order chi connectivity index (χ1) is 11.1. The van der Waals surface area contributed by atoms with Crippen LogP contribution >= 0.6 is 34.5 Å². The van der Waals surface area contributed by atoms with Crippen molar-refractivity contribution in [1.29, 1.82) is 0 Å². The van der Waals surface area contributed by atoms with Crippen molar-refractivity contribution in [2.75, 3.05) is 5.32 Å². The summed E-state index contributed by atoms with van der Waals surface area (Å²) in [7, 11) is 0. The topological polar surface area (TPSA) is 51.2 Å². The number of anilines is 1. The predicted molar refractivity (Wildman–Crippen MR) is 93.0 cm³/mol. The standard InChI is InChI=1S/C16H10Cl2N2O2S/c17-11-3-6-14(13(18)9-11)20-15(21)10-1-4-12(5-2-10)22-16-19-7-8-23-16/h1-9H,(H,20,21). The summed E-state index contributed by atoms with van der Waals surface area (Å²) in [4.78, 5) is 16.3. The number of rotatable bonds is 4. The molecule has 0 radical (unpaired) electrons. The number of carbonyl (C=O) groups is 1. The Hall–Kier alpha value is -2.08. The van der Waals surface area contributed by atoms with Gasteiger partial charge in [-0.25, -0.2) is 4.98 Å². The zero-order chi connectivity index (χ0) is 16.2. The van der Waals surface area contributed by atoms with Crippen LogP contribution in [0.1, 0.15) is 10.4 Å². The van der Waals surface area contributed by atoms with Gasteiger partial charge in [0.15, 0.2) is 0 Å². The summed E-state index contributed by atoms with van der Waals surface area (Å²) in [5.74, 6) is 0.344. The fourth-order valence-electron chi connectivity index (χ4n) is 1.82. The van der Waals surface area contributed by atoms with E-state index < -0.39 is 0 Å². The van der Waals surface area contributed by atoms with Crippen LogP contribution in [0.3, 0.4) is 0 Å². The number of nitrogens with zero attached hydrogens (tertiary/aromatic N) is 1. The average Bonchev–Trinajstić information content (AvgIpc) is 3.04. The third-order valence-corrected chi connectivity index (χ3v) is 4.11. The number of carbonyl (C=O) groups excluding carboxylic acids is 1. The summed E-state index contributed by atoms with van der Waals surface area (Å²) >= 11 is 13.3. The van der Waals surface area contributed by atoms with E-state index in [1.54, 1.807) is 48.7 Å². The molecule has 0 aliphatic rings. The van der Waals surface area contributed by atoms with E-state index in [2.05, 4.69) is 10.3 Å². The van der Waals surface area contributed by atoms with Gasteiger partial charge in [-0.1, -0.05) is 34.5 Å². The van der Waals surface area contributed by atoms with E-state index in [0.29, 0.717) is 32.2 Å². The second kappa shape index (κ2) is 7.00. The molecule has 1 amide bonds. The first-order valence-electron chi connectivity index (χ1n) is 6.55. The number of hydrogen-bond donors (Lipinski definition) is 1. The zero-order valence-electron chi connectivity index (χ0n) is 11.6. The highest BCUT2D eigenvalue weighted by Crippen LogP contribution is 2.27. The number of halogens is 2. The molecule has 7 heteroatoms. The molecule has 0 fully saturated rings. The Labute approximate surface area is 146 Å². The molecule has 0 aliphatic carbocycles. The van der Waals surface area contributed by atoms with Crippen LogP contribution in [0, 0.1) is 0 Å². The number of ether oxygens (including phenoxy) is 1. The van der Waals surface area contributed by atoms with Crippen molar-refractivity contribution in [2.24, 2.45) is 0 Å². The molecule has 1 N–H and O–H groups in total. The van der Waals surface area contributed by atoms with Gasteiger partial charge >= 0.3 is 0 Å². The quantitative estimate of drug-likeness (QED) is 0.665. The number of aromatic nitrogens is 1. The minimum atomic E-state index is -0.268. The number of hydrogen-bond acceptors (Lipinski definition) is 4. The lowest BCUT2D eigenvalue weighted by molar-refractivity contribution is 0.102. The van der Waals surface area contributed by atoms with Crippen molar-refractivity contribution < 1.29 is 9.53 Å². The van der Waals surface area contributed by atoms with Crippen molar-refractivity contribution in [3.8, 4) is 10.9 Å². The maximum atomic E-state index is 12.2. The maximum absolute atomic E-state index is 12.2. The molecule has 23 heavy (non-hydrogen) atoms. The molecule has 0 aliphatic heterocycles. The average molecular weight is 365 g/mol. The molecule has 1 heterocycles. The molecule has 3 rings (SSSR count). The molecule has 116 valence electrons. The second-order valence-corrected chi connectivity index (χ2v) is 6.20. The molecule has 0 bridgehead atoms. The van der Waals surface area contributed by atoms with E-state index in [9.17, 15) is 4.79 Å². The number of benzene rings is 2. The Morgan fingerprint density at radius 1 is 1.13 bits per heavy atom. The summed E-state index contributed by atoms with van der Waals surface area (Å²) in [5.41, 5.74) is 0.992. The first kappa shape index (κ1) is 15.8. The van der Waals surface area contributed by atoms with Crippen LogP contribution in [-0.4, -0.2) is 10.9 Å². The van der Waals surface area contributed by atoms with Gasteiger partial charge in [-0.3, -0.25) is 4.79 Å². The SMILES string of the molecule is O=C(Nc1ccc(Cl)cc1Cl)c1ccc(Oc2nccs2)cc1. The van der Waals surface area contributed by atoms with Crippen molar-refractivity contribution in [1.82, 2.24) is 4.98 Å². The number of amides is 1. The molecule has 2 aromatic carbocycles. The third-order valence-electron chi connectivity index (χ3n) is 2.91. The molecule has 3 aromatic rings. The van der Waals surface area contributed by atoms with Crippen molar-refractivity contribution in [3.63, 3.8) is 0 Å².